The van der Waals surface area contributed by atoms with Gasteiger partial charge in [0.2, 0.25) is 0 Å². The van der Waals surface area contributed by atoms with E-state index in [1.165, 1.54) is 11.3 Å². The Morgan fingerprint density at radius 2 is 2.04 bits per heavy atom. The lowest BCUT2D eigenvalue weighted by molar-refractivity contribution is 0.0679. The third-order valence-corrected chi connectivity index (χ3v) is 4.93. The van der Waals surface area contributed by atoms with Crippen LogP contribution < -0.4 is 21.5 Å². The summed E-state index contributed by atoms with van der Waals surface area (Å²) in [6.45, 7) is 1.34. The van der Waals surface area contributed by atoms with Crippen molar-refractivity contribution in [2.45, 2.75) is 18.9 Å². The molecule has 1 fully saturated rings. The summed E-state index contributed by atoms with van der Waals surface area (Å²) < 4.78 is 11.3. The molecule has 5 N–H and O–H groups in total. The summed E-state index contributed by atoms with van der Waals surface area (Å²) in [6, 6.07) is 8.38. The maximum absolute atomic E-state index is 11.5. The average Bonchev–Trinajstić information content (AvgIpc) is 3.22. The molecular weight excluding hydrogens is 342 g/mol. The molecule has 8 heteroatoms. The number of nitrogens with one attached hydrogen (secondary N) is 1. The first-order valence-electron chi connectivity index (χ1n) is 7.88. The number of anilines is 1. The van der Waals surface area contributed by atoms with Gasteiger partial charge in [-0.15, -0.1) is 11.3 Å². The molecule has 2 aromatic rings. The number of urea groups is 1. The fourth-order valence-corrected chi connectivity index (χ4v) is 3.67. The Labute approximate surface area is 148 Å². The summed E-state index contributed by atoms with van der Waals surface area (Å²) >= 11 is 1.24. The van der Waals surface area contributed by atoms with Gasteiger partial charge in [-0.3, -0.25) is 10.1 Å². The van der Waals surface area contributed by atoms with Crippen LogP contribution in [0, 0.1) is 0 Å². The monoisotopic (exact) mass is 361 g/mol. The number of primary amides is 2. The van der Waals surface area contributed by atoms with Gasteiger partial charge < -0.3 is 20.9 Å². The highest BCUT2D eigenvalue weighted by molar-refractivity contribution is 7.20. The lowest BCUT2D eigenvalue weighted by Gasteiger charge is -2.11. The summed E-state index contributed by atoms with van der Waals surface area (Å²) in [4.78, 5) is 23.4. The molecule has 1 unspecified atom stereocenters. The van der Waals surface area contributed by atoms with Gasteiger partial charge in [-0.1, -0.05) is 0 Å². The smallest absolute Gasteiger partial charge is 0.317 e. The molecule has 1 aliphatic rings. The summed E-state index contributed by atoms with van der Waals surface area (Å²) in [5.74, 6) is 0.129. The molecule has 1 aliphatic heterocycles. The number of carbonyl (C=O) groups is 2. The first-order valence-corrected chi connectivity index (χ1v) is 8.69. The van der Waals surface area contributed by atoms with Crippen LogP contribution in [0.15, 0.2) is 30.3 Å². The van der Waals surface area contributed by atoms with E-state index in [9.17, 15) is 9.59 Å². The minimum Gasteiger partial charge on any atom is -0.491 e. The van der Waals surface area contributed by atoms with E-state index in [4.69, 9.17) is 20.9 Å². The zero-order valence-electron chi connectivity index (χ0n) is 13.5. The fourth-order valence-electron chi connectivity index (χ4n) is 2.60. The van der Waals surface area contributed by atoms with Crippen LogP contribution in [0.2, 0.25) is 0 Å². The second-order valence-corrected chi connectivity index (χ2v) is 6.73. The third-order valence-electron chi connectivity index (χ3n) is 3.83. The van der Waals surface area contributed by atoms with Gasteiger partial charge in [0.05, 0.1) is 11.7 Å². The molecule has 0 bridgehead atoms. The first kappa shape index (κ1) is 17.2. The van der Waals surface area contributed by atoms with Crippen LogP contribution in [0.1, 0.15) is 23.2 Å². The zero-order chi connectivity index (χ0) is 17.8. The zero-order valence-corrected chi connectivity index (χ0v) is 14.3. The molecule has 0 radical (unpaired) electrons. The molecule has 1 aromatic carbocycles. The van der Waals surface area contributed by atoms with Crippen LogP contribution in [-0.4, -0.2) is 31.3 Å². The summed E-state index contributed by atoms with van der Waals surface area (Å²) in [7, 11) is 0. The van der Waals surface area contributed by atoms with Gasteiger partial charge in [-0.25, -0.2) is 4.79 Å². The number of rotatable bonds is 6. The van der Waals surface area contributed by atoms with Crippen molar-refractivity contribution in [3.63, 3.8) is 0 Å². The minimum atomic E-state index is -0.742. The molecule has 1 atom stereocenters. The third kappa shape index (κ3) is 4.28. The number of amides is 3. The maximum atomic E-state index is 11.5. The van der Waals surface area contributed by atoms with Crippen molar-refractivity contribution < 1.29 is 19.1 Å². The lowest BCUT2D eigenvalue weighted by Crippen LogP contribution is -2.21. The van der Waals surface area contributed by atoms with Gasteiger partial charge in [0, 0.05) is 11.5 Å². The van der Waals surface area contributed by atoms with E-state index in [1.807, 2.05) is 24.3 Å². The van der Waals surface area contributed by atoms with Gasteiger partial charge >= 0.3 is 6.03 Å². The van der Waals surface area contributed by atoms with Crippen molar-refractivity contribution in [3.05, 3.63) is 35.9 Å². The molecule has 3 rings (SSSR count). The van der Waals surface area contributed by atoms with Crippen LogP contribution >= 0.6 is 11.3 Å². The van der Waals surface area contributed by atoms with E-state index in [-0.39, 0.29) is 11.7 Å². The molecule has 1 saturated heterocycles. The lowest BCUT2D eigenvalue weighted by atomic mass is 10.1. The van der Waals surface area contributed by atoms with Crippen molar-refractivity contribution in [1.82, 2.24) is 0 Å². The van der Waals surface area contributed by atoms with E-state index < -0.39 is 11.9 Å². The van der Waals surface area contributed by atoms with Gasteiger partial charge in [0.1, 0.15) is 17.4 Å². The standard InChI is InChI=1S/C17H19N3O4S/c18-15(21)13-8-14(25-16(13)20-17(19)22)10-3-5-11(6-4-10)24-9-12-2-1-7-23-12/h3-6,8,12H,1-2,7,9H2,(H2,18,21)(H3,19,20,22). The normalized spacial score (nSPS) is 16.6. The number of hydrogen-bond acceptors (Lipinski definition) is 5. The molecular formula is C17H19N3O4S. The number of benzene rings is 1. The van der Waals surface area contributed by atoms with Crippen molar-refractivity contribution in [2.75, 3.05) is 18.5 Å². The van der Waals surface area contributed by atoms with Crippen molar-refractivity contribution >= 4 is 28.3 Å². The predicted octanol–water partition coefficient (Wildman–Crippen LogP) is 2.56. The van der Waals surface area contributed by atoms with E-state index in [0.29, 0.717) is 11.6 Å². The Balaban J connectivity index is 1.72. The Kier molecular flexibility index (Phi) is 5.20. The molecule has 132 valence electrons. The number of hydrogen-bond donors (Lipinski definition) is 3. The van der Waals surface area contributed by atoms with Crippen molar-refractivity contribution in [2.24, 2.45) is 11.5 Å². The number of carbonyl (C=O) groups excluding carboxylic acids is 2. The Hall–Kier alpha value is -2.58. The highest BCUT2D eigenvalue weighted by Crippen LogP contribution is 2.36. The summed E-state index contributed by atoms with van der Waals surface area (Å²) in [5, 5.41) is 2.77. The summed E-state index contributed by atoms with van der Waals surface area (Å²) in [5.41, 5.74) is 11.6. The fraction of sp³-hybridized carbons (Fsp3) is 0.294. The van der Waals surface area contributed by atoms with Crippen molar-refractivity contribution in [1.29, 1.82) is 0 Å². The average molecular weight is 361 g/mol. The molecule has 3 amide bonds. The number of nitrogens with two attached hydrogens (primary N) is 2. The highest BCUT2D eigenvalue weighted by atomic mass is 32.1. The highest BCUT2D eigenvalue weighted by Gasteiger charge is 2.17. The van der Waals surface area contributed by atoms with Gasteiger partial charge in [0.15, 0.2) is 0 Å². The quantitative estimate of drug-likeness (QED) is 0.733. The largest absolute Gasteiger partial charge is 0.491 e. The molecule has 2 heterocycles. The van der Waals surface area contributed by atoms with E-state index in [1.54, 1.807) is 6.07 Å². The Bertz CT molecular complexity index is 767. The molecule has 7 nitrogen and oxygen atoms in total. The van der Waals surface area contributed by atoms with Crippen LogP contribution in [0.4, 0.5) is 9.80 Å². The number of ether oxygens (including phenoxy) is 2. The van der Waals surface area contributed by atoms with Crippen LogP contribution in [0.5, 0.6) is 5.75 Å². The molecule has 0 saturated carbocycles. The Morgan fingerprint density at radius 3 is 2.64 bits per heavy atom. The topological polar surface area (TPSA) is 117 Å². The van der Waals surface area contributed by atoms with Crippen LogP contribution in [-0.2, 0) is 4.74 Å². The SMILES string of the molecule is NC(=O)Nc1sc(-c2ccc(OCC3CCCO3)cc2)cc1C(N)=O. The second-order valence-electron chi connectivity index (χ2n) is 5.68. The molecule has 0 aliphatic carbocycles. The van der Waals surface area contributed by atoms with Crippen LogP contribution in [0.25, 0.3) is 10.4 Å². The van der Waals surface area contributed by atoms with Gasteiger partial charge in [-0.2, -0.15) is 0 Å². The molecule has 0 spiro atoms. The summed E-state index contributed by atoms with van der Waals surface area (Å²) in [6.07, 6.45) is 2.27. The number of thiophene rings is 1. The van der Waals surface area contributed by atoms with Crippen molar-refractivity contribution in [3.8, 4) is 16.2 Å². The second kappa shape index (κ2) is 7.54. The Morgan fingerprint density at radius 1 is 1.28 bits per heavy atom. The van der Waals surface area contributed by atoms with Crippen LogP contribution in [0.3, 0.4) is 0 Å². The predicted molar refractivity (Wildman–Crippen MR) is 95.9 cm³/mol. The minimum absolute atomic E-state index is 0.164. The van der Waals surface area contributed by atoms with E-state index >= 15 is 0 Å². The molecule has 25 heavy (non-hydrogen) atoms. The van der Waals surface area contributed by atoms with Gasteiger partial charge in [0.25, 0.3) is 5.91 Å². The van der Waals surface area contributed by atoms with Gasteiger partial charge in [-0.05, 0) is 48.7 Å². The first-order chi connectivity index (χ1) is 12.0. The van der Waals surface area contributed by atoms with E-state index in [0.717, 1.165) is 35.6 Å². The van der Waals surface area contributed by atoms with E-state index in [2.05, 4.69) is 5.32 Å². The molecule has 1 aromatic heterocycles. The maximum Gasteiger partial charge on any atom is 0.317 e.